The van der Waals surface area contributed by atoms with Gasteiger partial charge in [-0.25, -0.2) is 9.59 Å². The zero-order valence-electron chi connectivity index (χ0n) is 7.07. The Hall–Kier alpha value is -1.52. The van der Waals surface area contributed by atoms with Crippen LogP contribution in [0.1, 0.15) is 6.42 Å². The topological polar surface area (TPSA) is 64.6 Å². The van der Waals surface area contributed by atoms with Crippen LogP contribution in [0.5, 0.6) is 0 Å². The highest BCUT2D eigenvalue weighted by molar-refractivity contribution is 5.90. The third-order valence-corrected chi connectivity index (χ3v) is 2.20. The number of nitrogens with one attached hydrogen (secondary N) is 1. The molecule has 0 aromatic rings. The van der Waals surface area contributed by atoms with Crippen molar-refractivity contribution in [1.29, 1.82) is 0 Å². The lowest BCUT2D eigenvalue weighted by Gasteiger charge is -2.03. The van der Waals surface area contributed by atoms with Crippen LogP contribution >= 0.6 is 0 Å². The molecule has 1 heterocycles. The summed E-state index contributed by atoms with van der Waals surface area (Å²) in [7, 11) is 1.33. The molecule has 0 spiro atoms. The first-order valence-electron chi connectivity index (χ1n) is 3.97. The Bertz CT molecular complexity index is 297. The van der Waals surface area contributed by atoms with Gasteiger partial charge in [0.1, 0.15) is 6.10 Å². The van der Waals surface area contributed by atoms with E-state index in [1.54, 1.807) is 6.08 Å². The molecule has 5 nitrogen and oxygen atoms in total. The Labute approximate surface area is 74.7 Å². The van der Waals surface area contributed by atoms with Gasteiger partial charge in [-0.1, -0.05) is 0 Å². The van der Waals surface area contributed by atoms with Crippen molar-refractivity contribution in [3.63, 3.8) is 0 Å². The molecule has 0 radical (unpaired) electrons. The number of amides is 1. The Kier molecular flexibility index (Phi) is 1.72. The Morgan fingerprint density at radius 3 is 3.15 bits per heavy atom. The van der Waals surface area contributed by atoms with E-state index < -0.39 is 6.09 Å². The number of carbonyl (C=O) groups excluding carboxylic acids is 2. The maximum atomic E-state index is 11.1. The minimum Gasteiger partial charge on any atom is -0.466 e. The van der Waals surface area contributed by atoms with Gasteiger partial charge in [0.2, 0.25) is 0 Å². The molecular weight excluding hydrogens is 174 g/mol. The summed E-state index contributed by atoms with van der Waals surface area (Å²) in [5.41, 5.74) is 0.567. The van der Waals surface area contributed by atoms with Crippen molar-refractivity contribution >= 4 is 12.1 Å². The fraction of sp³-hybridized carbons (Fsp3) is 0.500. The van der Waals surface area contributed by atoms with Crippen LogP contribution in [0.25, 0.3) is 0 Å². The predicted octanol–water partition coefficient (Wildman–Crippen LogP) is -0.0335. The highest BCUT2D eigenvalue weighted by atomic mass is 16.6. The summed E-state index contributed by atoms with van der Waals surface area (Å²) in [6.07, 6.45) is 1.40. The molecule has 1 fully saturated rings. The SMILES string of the molecule is COC(=O)C1=C[C@@H]2OC(=O)N[C@H]2C1. The van der Waals surface area contributed by atoms with Gasteiger partial charge in [0, 0.05) is 12.0 Å². The molecule has 0 aromatic carbocycles. The first-order valence-corrected chi connectivity index (χ1v) is 3.97. The molecule has 1 aliphatic heterocycles. The second kappa shape index (κ2) is 2.76. The number of hydrogen-bond donors (Lipinski definition) is 1. The molecule has 1 aliphatic carbocycles. The molecule has 0 saturated carbocycles. The quantitative estimate of drug-likeness (QED) is 0.579. The van der Waals surface area contributed by atoms with Gasteiger partial charge in [-0.15, -0.1) is 0 Å². The Balaban J connectivity index is 2.09. The summed E-state index contributed by atoms with van der Waals surface area (Å²) >= 11 is 0. The van der Waals surface area contributed by atoms with Gasteiger partial charge in [-0.2, -0.15) is 0 Å². The average Bonchev–Trinajstić information content (AvgIpc) is 2.59. The van der Waals surface area contributed by atoms with Crippen molar-refractivity contribution in [2.45, 2.75) is 18.6 Å². The highest BCUT2D eigenvalue weighted by Crippen LogP contribution is 2.26. The molecule has 13 heavy (non-hydrogen) atoms. The Morgan fingerprint density at radius 1 is 1.77 bits per heavy atom. The summed E-state index contributed by atoms with van der Waals surface area (Å²) < 4.78 is 9.43. The van der Waals surface area contributed by atoms with Crippen LogP contribution in [-0.2, 0) is 14.3 Å². The van der Waals surface area contributed by atoms with Gasteiger partial charge in [0.15, 0.2) is 0 Å². The van der Waals surface area contributed by atoms with E-state index in [-0.39, 0.29) is 18.1 Å². The van der Waals surface area contributed by atoms with Crippen LogP contribution in [-0.4, -0.2) is 31.3 Å². The Morgan fingerprint density at radius 2 is 2.54 bits per heavy atom. The van der Waals surface area contributed by atoms with E-state index in [0.29, 0.717) is 12.0 Å². The third-order valence-electron chi connectivity index (χ3n) is 2.20. The molecule has 1 N–H and O–H groups in total. The maximum absolute atomic E-state index is 11.1. The van der Waals surface area contributed by atoms with Gasteiger partial charge in [0.25, 0.3) is 0 Å². The van der Waals surface area contributed by atoms with Crippen LogP contribution in [0.2, 0.25) is 0 Å². The molecule has 1 amide bonds. The van der Waals surface area contributed by atoms with E-state index >= 15 is 0 Å². The number of esters is 1. The standard InChI is InChI=1S/C8H9NO4/c1-12-7(10)4-2-5-6(3-4)13-8(11)9-5/h3,5-6H,2H2,1H3,(H,9,11)/t5-,6-/m0/s1. The van der Waals surface area contributed by atoms with Crippen molar-refractivity contribution in [3.05, 3.63) is 11.6 Å². The van der Waals surface area contributed by atoms with Crippen molar-refractivity contribution in [2.24, 2.45) is 0 Å². The summed E-state index contributed by atoms with van der Waals surface area (Å²) in [5, 5.41) is 2.60. The van der Waals surface area contributed by atoms with Gasteiger partial charge in [0.05, 0.1) is 13.2 Å². The first-order chi connectivity index (χ1) is 6.20. The molecule has 2 aliphatic rings. The van der Waals surface area contributed by atoms with E-state index in [0.717, 1.165) is 0 Å². The summed E-state index contributed by atoms with van der Waals surface area (Å²) in [4.78, 5) is 21.8. The van der Waals surface area contributed by atoms with Crippen LogP contribution < -0.4 is 5.32 Å². The fourth-order valence-electron chi connectivity index (χ4n) is 1.58. The van der Waals surface area contributed by atoms with E-state index in [4.69, 9.17) is 4.74 Å². The number of fused-ring (bicyclic) bond motifs is 1. The highest BCUT2D eigenvalue weighted by Gasteiger charge is 2.39. The van der Waals surface area contributed by atoms with Crippen molar-refractivity contribution < 1.29 is 19.1 Å². The lowest BCUT2D eigenvalue weighted by molar-refractivity contribution is -0.136. The smallest absolute Gasteiger partial charge is 0.408 e. The van der Waals surface area contributed by atoms with Crippen molar-refractivity contribution in [3.8, 4) is 0 Å². The number of hydrogen-bond acceptors (Lipinski definition) is 4. The van der Waals surface area contributed by atoms with Gasteiger partial charge < -0.3 is 14.8 Å². The maximum Gasteiger partial charge on any atom is 0.408 e. The lowest BCUT2D eigenvalue weighted by atomic mass is 10.2. The van der Waals surface area contributed by atoms with Crippen LogP contribution in [0.4, 0.5) is 4.79 Å². The van der Waals surface area contributed by atoms with Crippen LogP contribution in [0.15, 0.2) is 11.6 Å². The van der Waals surface area contributed by atoms with Gasteiger partial charge >= 0.3 is 12.1 Å². The minimum absolute atomic E-state index is 0.0957. The molecule has 0 aromatic heterocycles. The molecule has 2 atom stereocenters. The zero-order valence-corrected chi connectivity index (χ0v) is 7.07. The largest absolute Gasteiger partial charge is 0.466 e. The molecule has 0 bridgehead atoms. The molecule has 5 heteroatoms. The molecular formula is C8H9NO4. The number of ether oxygens (including phenoxy) is 2. The zero-order chi connectivity index (χ0) is 9.42. The predicted molar refractivity (Wildman–Crippen MR) is 41.9 cm³/mol. The monoisotopic (exact) mass is 183 g/mol. The van der Waals surface area contributed by atoms with E-state index in [2.05, 4.69) is 10.1 Å². The second-order valence-corrected chi connectivity index (χ2v) is 3.01. The average molecular weight is 183 g/mol. The first kappa shape index (κ1) is 8.10. The number of rotatable bonds is 1. The second-order valence-electron chi connectivity index (χ2n) is 3.01. The third kappa shape index (κ3) is 1.26. The number of alkyl carbamates (subject to hydrolysis) is 1. The summed E-state index contributed by atoms with van der Waals surface area (Å²) in [6.45, 7) is 0. The molecule has 0 unspecified atom stereocenters. The normalized spacial score (nSPS) is 30.2. The molecule has 1 saturated heterocycles. The van der Waals surface area contributed by atoms with Gasteiger partial charge in [-0.3, -0.25) is 0 Å². The fourth-order valence-corrected chi connectivity index (χ4v) is 1.58. The van der Waals surface area contributed by atoms with Crippen molar-refractivity contribution in [1.82, 2.24) is 5.32 Å². The number of carbonyl (C=O) groups is 2. The summed E-state index contributed by atoms with van der Waals surface area (Å²) in [5.74, 6) is -0.354. The van der Waals surface area contributed by atoms with E-state index in [1.807, 2.05) is 0 Å². The summed E-state index contributed by atoms with van der Waals surface area (Å²) in [6, 6.07) is -0.0957. The van der Waals surface area contributed by atoms with E-state index in [1.165, 1.54) is 7.11 Å². The van der Waals surface area contributed by atoms with E-state index in [9.17, 15) is 9.59 Å². The molecule has 2 rings (SSSR count). The van der Waals surface area contributed by atoms with Crippen LogP contribution in [0.3, 0.4) is 0 Å². The molecule has 70 valence electrons. The number of methoxy groups -OCH3 is 1. The lowest BCUT2D eigenvalue weighted by Crippen LogP contribution is -2.27. The minimum atomic E-state index is -0.421. The van der Waals surface area contributed by atoms with Crippen molar-refractivity contribution in [2.75, 3.05) is 7.11 Å². The van der Waals surface area contributed by atoms with Gasteiger partial charge in [-0.05, 0) is 6.08 Å². The van der Waals surface area contributed by atoms with Crippen LogP contribution in [0, 0.1) is 0 Å².